The smallest absolute Gasteiger partial charge is 0.338 e. The van der Waals surface area contributed by atoms with Gasteiger partial charge in [0.1, 0.15) is 41.1 Å². The normalized spacial score (nSPS) is 12.1. The lowest BCUT2D eigenvalue weighted by molar-refractivity contribution is 0.0599. The number of phenols is 12. The maximum absolute atomic E-state index is 10.9. The molecule has 0 radical (unpaired) electrons. The quantitative estimate of drug-likeness (QED) is 0.0847. The van der Waals surface area contributed by atoms with Crippen molar-refractivity contribution >= 4 is 5.97 Å². The van der Waals surface area contributed by atoms with Gasteiger partial charge in [0, 0.05) is 41.8 Å². The van der Waals surface area contributed by atoms with Gasteiger partial charge in [-0.3, -0.25) is 0 Å². The average molecular weight is 785 g/mol. The molecule has 0 aliphatic carbocycles. The van der Waals surface area contributed by atoms with Crippen LogP contribution in [0.4, 0.5) is 0 Å². The van der Waals surface area contributed by atoms with Gasteiger partial charge in [-0.2, -0.15) is 0 Å². The summed E-state index contributed by atoms with van der Waals surface area (Å²) >= 11 is 0. The number of carbonyl (C=O) groups excluding carboxylic acids is 1. The molecule has 17 nitrogen and oxygen atoms in total. The van der Waals surface area contributed by atoms with Crippen molar-refractivity contribution in [1.29, 1.82) is 0 Å². The van der Waals surface area contributed by atoms with Crippen LogP contribution in [-0.4, -0.2) is 99.3 Å². The molecule has 1 aliphatic rings. The van der Waals surface area contributed by atoms with Crippen LogP contribution in [0.5, 0.6) is 80.5 Å². The van der Waals surface area contributed by atoms with E-state index in [1.54, 1.807) is 12.1 Å². The molecule has 0 saturated heterocycles. The number of ether oxygens (including phenoxy) is 3. The zero-order chi connectivity index (χ0) is 42.1. The van der Waals surface area contributed by atoms with Gasteiger partial charge in [-0.25, -0.2) is 4.79 Å². The van der Waals surface area contributed by atoms with Crippen molar-refractivity contribution in [2.45, 2.75) is 32.3 Å². The van der Waals surface area contributed by atoms with Crippen molar-refractivity contribution in [2.75, 3.05) is 20.8 Å². The van der Waals surface area contributed by atoms with Gasteiger partial charge in [0.15, 0.2) is 46.0 Å². The van der Waals surface area contributed by atoms with Gasteiger partial charge in [-0.05, 0) is 42.8 Å². The first kappa shape index (κ1) is 44.9. The molecule has 1 atom stereocenters. The SMILES string of the molecule is CCCc1c(O)cc(O)cc1OC.COC(=O)c1cc(O)c(O)c(O)c1.Oc1cc(O)c2c(c1)OCC(O)C2.Oc1cccc(O)c1O.Oc1ccccc1O. The molecule has 0 spiro atoms. The van der Waals surface area contributed by atoms with Crippen molar-refractivity contribution in [2.24, 2.45) is 0 Å². The number of rotatable bonds is 4. The third kappa shape index (κ3) is 13.3. The second-order valence-electron chi connectivity index (χ2n) is 11.5. The highest BCUT2D eigenvalue weighted by Gasteiger charge is 2.21. The van der Waals surface area contributed by atoms with Crippen LogP contribution < -0.4 is 9.47 Å². The molecule has 6 rings (SSSR count). The highest BCUT2D eigenvalue weighted by Crippen LogP contribution is 2.37. The molecular formula is C39H44O17. The van der Waals surface area contributed by atoms with E-state index in [1.807, 2.05) is 6.92 Å². The van der Waals surface area contributed by atoms with E-state index >= 15 is 0 Å². The van der Waals surface area contributed by atoms with Gasteiger partial charge >= 0.3 is 5.97 Å². The molecule has 56 heavy (non-hydrogen) atoms. The number of para-hydroxylation sites is 3. The minimum atomic E-state index is -0.703. The molecule has 17 heteroatoms. The maximum atomic E-state index is 10.9. The van der Waals surface area contributed by atoms with Crippen molar-refractivity contribution in [1.82, 2.24) is 0 Å². The Morgan fingerprint density at radius 1 is 0.643 bits per heavy atom. The lowest BCUT2D eigenvalue weighted by atomic mass is 10.0. The molecule has 5 aromatic carbocycles. The van der Waals surface area contributed by atoms with Crippen LogP contribution in [0.3, 0.4) is 0 Å². The number of benzene rings is 5. The Hall–Kier alpha value is -7.27. The summed E-state index contributed by atoms with van der Waals surface area (Å²) in [7, 11) is 2.69. The summed E-state index contributed by atoms with van der Waals surface area (Å²) in [6, 6.07) is 17.7. The predicted molar refractivity (Wildman–Crippen MR) is 199 cm³/mol. The first-order chi connectivity index (χ1) is 26.4. The summed E-state index contributed by atoms with van der Waals surface area (Å²) in [6.45, 7) is 2.22. The van der Waals surface area contributed by atoms with E-state index in [0.29, 0.717) is 23.5 Å². The fourth-order valence-corrected chi connectivity index (χ4v) is 4.55. The first-order valence-electron chi connectivity index (χ1n) is 16.4. The lowest BCUT2D eigenvalue weighted by Crippen LogP contribution is -2.25. The zero-order valence-electron chi connectivity index (χ0n) is 30.4. The molecule has 0 saturated carbocycles. The van der Waals surface area contributed by atoms with Crippen LogP contribution in [0.2, 0.25) is 0 Å². The summed E-state index contributed by atoms with van der Waals surface area (Å²) in [5.74, 6) is -2.71. The van der Waals surface area contributed by atoms with Crippen molar-refractivity contribution in [3.05, 3.63) is 95.6 Å². The van der Waals surface area contributed by atoms with Crippen LogP contribution in [-0.2, 0) is 17.6 Å². The van der Waals surface area contributed by atoms with Gasteiger partial charge in [-0.15, -0.1) is 0 Å². The number of esters is 1. The number of phenolic OH excluding ortho intramolecular Hbond substituents is 12. The number of fused-ring (bicyclic) bond motifs is 1. The lowest BCUT2D eigenvalue weighted by Gasteiger charge is -2.22. The van der Waals surface area contributed by atoms with Gasteiger partial charge < -0.3 is 80.6 Å². The van der Waals surface area contributed by atoms with Crippen molar-refractivity contribution in [3.63, 3.8) is 0 Å². The van der Waals surface area contributed by atoms with E-state index in [1.165, 1.54) is 68.8 Å². The standard InChI is InChI=1S/C10H14O3.C9H10O4.C8H8O5.C6H6O3.C6H6O2/c1-3-4-8-9(12)5-7(11)6-10(8)13-2;10-5-2-8(12)7-1-6(11)4-13-9(7)3-5;1-13-8(12)4-2-5(9)7(11)6(10)3-4;7-4-2-1-3-5(8)6(4)9;7-5-3-1-2-4-6(5)8/h5-6,11-12H,3-4H2,1-2H3;2-3,6,10-12H,1,4H2;2-3,9-11H,1H3;1-3,7-9H;1-4,7-8H. The van der Waals surface area contributed by atoms with E-state index in [2.05, 4.69) is 4.74 Å². The Morgan fingerprint density at radius 3 is 1.62 bits per heavy atom. The maximum Gasteiger partial charge on any atom is 0.338 e. The summed E-state index contributed by atoms with van der Waals surface area (Å²) in [5.41, 5.74) is 1.27. The third-order valence-corrected chi connectivity index (χ3v) is 7.30. The molecule has 0 amide bonds. The van der Waals surface area contributed by atoms with Crippen LogP contribution in [0.15, 0.2) is 78.9 Å². The summed E-state index contributed by atoms with van der Waals surface area (Å²) in [6.07, 6.45) is 1.45. The van der Waals surface area contributed by atoms with Gasteiger partial charge in [0.25, 0.3) is 0 Å². The number of aliphatic hydroxyl groups is 1. The number of aliphatic hydroxyl groups excluding tert-OH is 1. The molecule has 302 valence electrons. The van der Waals surface area contributed by atoms with E-state index in [0.717, 1.165) is 30.5 Å². The second-order valence-corrected chi connectivity index (χ2v) is 11.5. The number of methoxy groups -OCH3 is 2. The monoisotopic (exact) mass is 784 g/mol. The molecule has 1 unspecified atom stereocenters. The summed E-state index contributed by atoms with van der Waals surface area (Å²) in [5, 5.41) is 117. The molecule has 0 bridgehead atoms. The number of hydrogen-bond acceptors (Lipinski definition) is 17. The van der Waals surface area contributed by atoms with Crippen LogP contribution in [0, 0.1) is 0 Å². The molecular weight excluding hydrogens is 740 g/mol. The highest BCUT2D eigenvalue weighted by atomic mass is 16.5. The first-order valence-corrected chi connectivity index (χ1v) is 16.4. The summed E-state index contributed by atoms with van der Waals surface area (Å²) < 4.78 is 14.5. The van der Waals surface area contributed by atoms with Gasteiger partial charge in [0.2, 0.25) is 0 Å². The molecule has 1 heterocycles. The second kappa shape index (κ2) is 21.4. The van der Waals surface area contributed by atoms with E-state index in [-0.39, 0.29) is 58.2 Å². The Bertz CT molecular complexity index is 1940. The molecule has 1 aliphatic heterocycles. The fraction of sp³-hybridized carbons (Fsp3) is 0.205. The van der Waals surface area contributed by atoms with E-state index in [4.69, 9.17) is 55.4 Å². The minimum Gasteiger partial charge on any atom is -0.508 e. The molecule has 13 N–H and O–H groups in total. The van der Waals surface area contributed by atoms with Gasteiger partial charge in [-0.1, -0.05) is 31.5 Å². The largest absolute Gasteiger partial charge is 0.508 e. The fourth-order valence-electron chi connectivity index (χ4n) is 4.55. The number of hydrogen-bond donors (Lipinski definition) is 13. The zero-order valence-corrected chi connectivity index (χ0v) is 30.4. The molecule has 0 fully saturated rings. The Morgan fingerprint density at radius 2 is 1.14 bits per heavy atom. The number of carbonyl (C=O) groups is 1. The van der Waals surface area contributed by atoms with Crippen molar-refractivity contribution in [3.8, 4) is 80.5 Å². The Labute approximate surface area is 320 Å². The summed E-state index contributed by atoms with van der Waals surface area (Å²) in [4.78, 5) is 10.9. The number of aromatic hydroxyl groups is 12. The Kier molecular flexibility index (Phi) is 17.2. The third-order valence-electron chi connectivity index (χ3n) is 7.30. The molecule has 0 aromatic heterocycles. The Balaban J connectivity index is 0.000000245. The van der Waals surface area contributed by atoms with Crippen molar-refractivity contribution < 1.29 is 85.4 Å². The highest BCUT2D eigenvalue weighted by molar-refractivity contribution is 5.90. The topological polar surface area (TPSA) is 308 Å². The van der Waals surface area contributed by atoms with Crippen LogP contribution in [0.25, 0.3) is 0 Å². The van der Waals surface area contributed by atoms with Crippen LogP contribution in [0.1, 0.15) is 34.8 Å². The molecule has 5 aromatic rings. The van der Waals surface area contributed by atoms with Gasteiger partial charge in [0.05, 0.1) is 25.9 Å². The average Bonchev–Trinajstić information content (AvgIpc) is 3.16. The minimum absolute atomic E-state index is 0.0224. The van der Waals surface area contributed by atoms with E-state index < -0.39 is 35.1 Å². The van der Waals surface area contributed by atoms with Crippen LogP contribution >= 0.6 is 0 Å². The van der Waals surface area contributed by atoms with E-state index in [9.17, 15) is 25.2 Å². The predicted octanol–water partition coefficient (Wildman–Crippen LogP) is 4.94.